The van der Waals surface area contributed by atoms with Gasteiger partial charge in [0.05, 0.1) is 12.1 Å². The van der Waals surface area contributed by atoms with Crippen LogP contribution in [-0.2, 0) is 4.79 Å². The van der Waals surface area contributed by atoms with E-state index in [1.54, 1.807) is 11.8 Å². The largest absolute Gasteiger partial charge is 0.494 e. The third kappa shape index (κ3) is 3.05. The van der Waals surface area contributed by atoms with Crippen LogP contribution in [0.3, 0.4) is 0 Å². The van der Waals surface area contributed by atoms with Crippen LogP contribution in [0.4, 0.5) is 4.79 Å². The topological polar surface area (TPSA) is 124 Å². The number of carboxylic acid groups (broad SMARTS) is 1. The van der Waals surface area contributed by atoms with Crippen molar-refractivity contribution < 1.29 is 24.9 Å². The summed E-state index contributed by atoms with van der Waals surface area (Å²) in [6, 6.07) is 1.61. The third-order valence-corrected chi connectivity index (χ3v) is 5.88. The Bertz CT molecular complexity index is 600. The number of carboxylic acids is 1. The monoisotopic (exact) mass is 341 g/mol. The lowest BCUT2D eigenvalue weighted by atomic mass is 10.0. The average molecular weight is 341 g/mol. The number of rotatable bonds is 6. The fourth-order valence-corrected chi connectivity index (χ4v) is 4.81. The summed E-state index contributed by atoms with van der Waals surface area (Å²) in [5.41, 5.74) is 0. The number of amides is 2. The second kappa shape index (κ2) is 6.23. The van der Waals surface area contributed by atoms with Gasteiger partial charge in [-0.1, -0.05) is 0 Å². The maximum atomic E-state index is 11.4. The molecule has 2 aliphatic rings. The van der Waals surface area contributed by atoms with E-state index in [0.717, 1.165) is 16.7 Å². The van der Waals surface area contributed by atoms with E-state index in [9.17, 15) is 24.9 Å². The molecule has 2 amide bonds. The van der Waals surface area contributed by atoms with E-state index >= 15 is 0 Å². The number of aromatic hydroxyl groups is 2. The van der Waals surface area contributed by atoms with Crippen LogP contribution in [0.2, 0.25) is 0 Å². The van der Waals surface area contributed by atoms with Crippen molar-refractivity contribution in [3.8, 4) is 11.8 Å². The van der Waals surface area contributed by atoms with Crippen LogP contribution in [-0.4, -0.2) is 55.0 Å². The van der Waals surface area contributed by atoms with Crippen LogP contribution in [0.5, 0.6) is 11.8 Å². The number of aliphatic carboxylic acids is 1. The number of nitrogens with zero attached hydrogens (tertiary/aromatic N) is 1. The summed E-state index contributed by atoms with van der Waals surface area (Å²) >= 11 is 1.77. The van der Waals surface area contributed by atoms with E-state index < -0.39 is 12.0 Å². The van der Waals surface area contributed by atoms with Gasteiger partial charge in [0.2, 0.25) is 0 Å². The van der Waals surface area contributed by atoms with Crippen LogP contribution in [0.15, 0.2) is 12.1 Å². The number of carbonyl (C=O) groups excluding carboxylic acids is 1. The third-order valence-electron chi connectivity index (χ3n) is 4.38. The molecule has 5 N–H and O–H groups in total. The summed E-state index contributed by atoms with van der Waals surface area (Å²) in [7, 11) is 0. The highest BCUT2D eigenvalue weighted by atomic mass is 32.2. The lowest BCUT2D eigenvalue weighted by Crippen LogP contribution is -2.36. The Balaban J connectivity index is 1.58. The molecule has 1 aromatic heterocycles. The normalized spacial score (nSPS) is 27.3. The fourth-order valence-electron chi connectivity index (χ4n) is 3.26. The molecule has 0 aliphatic carbocycles. The molecule has 9 heteroatoms. The van der Waals surface area contributed by atoms with Gasteiger partial charge in [-0.25, -0.2) is 9.59 Å². The summed E-state index contributed by atoms with van der Waals surface area (Å²) in [6.45, 7) is 0. The fraction of sp³-hybridized carbons (Fsp3) is 0.571. The quantitative estimate of drug-likeness (QED) is 0.489. The number of nitrogens with one attached hydrogen (secondary N) is 2. The molecule has 2 aliphatic heterocycles. The standard InChI is InChI=1S/C14H19N3O5S/c18-10-4-5-11(19)17(10)8(13(20)21)2-1-3-9-12-7(6-23-9)15-14(22)16-12/h4-5,7-9,12,18-19H,1-3,6H2,(H,20,21)(H2,15,16,22)/t7-,8?,9-,12-/m0/s1. The molecule has 2 fully saturated rings. The number of carbonyl (C=O) groups is 2. The van der Waals surface area contributed by atoms with Gasteiger partial charge < -0.3 is 26.0 Å². The van der Waals surface area contributed by atoms with Gasteiger partial charge in [-0.3, -0.25) is 4.57 Å². The molecule has 126 valence electrons. The molecule has 8 nitrogen and oxygen atoms in total. The van der Waals surface area contributed by atoms with Crippen LogP contribution in [0, 0.1) is 0 Å². The summed E-state index contributed by atoms with van der Waals surface area (Å²) in [4.78, 5) is 22.8. The zero-order chi connectivity index (χ0) is 16.6. The molecule has 3 heterocycles. The molecule has 23 heavy (non-hydrogen) atoms. The van der Waals surface area contributed by atoms with Crippen molar-refractivity contribution in [3.63, 3.8) is 0 Å². The first kappa shape index (κ1) is 15.9. The maximum Gasteiger partial charge on any atom is 0.326 e. The number of hydrogen-bond donors (Lipinski definition) is 5. The van der Waals surface area contributed by atoms with E-state index in [0.29, 0.717) is 12.8 Å². The van der Waals surface area contributed by atoms with Gasteiger partial charge in [0, 0.05) is 23.1 Å². The minimum atomic E-state index is -1.10. The summed E-state index contributed by atoms with van der Waals surface area (Å²) < 4.78 is 1.02. The van der Waals surface area contributed by atoms with Crippen LogP contribution in [0.1, 0.15) is 25.3 Å². The first-order valence-corrected chi connectivity index (χ1v) is 8.53. The number of thioether (sulfide) groups is 1. The lowest BCUT2D eigenvalue weighted by molar-refractivity contribution is -0.141. The van der Waals surface area contributed by atoms with Gasteiger partial charge in [0.25, 0.3) is 0 Å². The molecule has 0 saturated carbocycles. The van der Waals surface area contributed by atoms with E-state index in [1.807, 2.05) is 0 Å². The van der Waals surface area contributed by atoms with Gasteiger partial charge in [0.15, 0.2) is 11.8 Å². The van der Waals surface area contributed by atoms with Gasteiger partial charge in [0.1, 0.15) is 6.04 Å². The molecular formula is C14H19N3O5S. The number of hydrogen-bond acceptors (Lipinski definition) is 5. The average Bonchev–Trinajstić information content (AvgIpc) is 3.12. The molecule has 3 rings (SSSR count). The number of urea groups is 1. The van der Waals surface area contributed by atoms with Crippen molar-refractivity contribution in [2.75, 3.05) is 5.75 Å². The van der Waals surface area contributed by atoms with Crippen molar-refractivity contribution in [2.45, 2.75) is 42.6 Å². The van der Waals surface area contributed by atoms with Gasteiger partial charge in [-0.2, -0.15) is 11.8 Å². The molecule has 2 saturated heterocycles. The minimum Gasteiger partial charge on any atom is -0.494 e. The van der Waals surface area contributed by atoms with E-state index in [-0.39, 0.29) is 35.1 Å². The summed E-state index contributed by atoms with van der Waals surface area (Å²) in [6.07, 6.45) is 1.67. The zero-order valence-corrected chi connectivity index (χ0v) is 13.1. The molecule has 1 aromatic rings. The minimum absolute atomic E-state index is 0.0872. The molecule has 4 atom stereocenters. The lowest BCUT2D eigenvalue weighted by Gasteiger charge is -2.19. The second-order valence-electron chi connectivity index (χ2n) is 5.83. The summed E-state index contributed by atoms with van der Waals surface area (Å²) in [5, 5.41) is 34.8. The van der Waals surface area contributed by atoms with Gasteiger partial charge in [-0.15, -0.1) is 0 Å². The number of aromatic nitrogens is 1. The first-order valence-electron chi connectivity index (χ1n) is 7.48. The van der Waals surface area contributed by atoms with Gasteiger partial charge in [-0.05, 0) is 19.3 Å². The highest BCUT2D eigenvalue weighted by Crippen LogP contribution is 2.35. The predicted molar refractivity (Wildman–Crippen MR) is 83.8 cm³/mol. The Hall–Kier alpha value is -2.03. The molecule has 0 radical (unpaired) electrons. The van der Waals surface area contributed by atoms with Crippen molar-refractivity contribution in [1.82, 2.24) is 15.2 Å². The molecule has 1 unspecified atom stereocenters. The van der Waals surface area contributed by atoms with Crippen molar-refractivity contribution in [2.24, 2.45) is 0 Å². The SMILES string of the molecule is O=C1N[C@H]2[C@H](CS[C@H]2CCCC(C(=O)O)n2c(O)ccc2O)N1. The van der Waals surface area contributed by atoms with Crippen LogP contribution in [0.25, 0.3) is 0 Å². The Labute approximate surface area is 136 Å². The Kier molecular flexibility index (Phi) is 4.29. The summed E-state index contributed by atoms with van der Waals surface area (Å²) in [5.74, 6) is -0.773. The smallest absolute Gasteiger partial charge is 0.326 e. The predicted octanol–water partition coefficient (Wildman–Crippen LogP) is 0.861. The van der Waals surface area contributed by atoms with Crippen LogP contribution >= 0.6 is 11.8 Å². The second-order valence-corrected chi connectivity index (χ2v) is 7.10. The maximum absolute atomic E-state index is 11.4. The Morgan fingerprint density at radius 3 is 2.70 bits per heavy atom. The van der Waals surface area contributed by atoms with E-state index in [1.165, 1.54) is 12.1 Å². The van der Waals surface area contributed by atoms with Crippen molar-refractivity contribution in [3.05, 3.63) is 12.1 Å². The molecule has 0 spiro atoms. The van der Waals surface area contributed by atoms with E-state index in [2.05, 4.69) is 10.6 Å². The Morgan fingerprint density at radius 1 is 1.35 bits per heavy atom. The Morgan fingerprint density at radius 2 is 2.04 bits per heavy atom. The number of fused-ring (bicyclic) bond motifs is 1. The molecule has 0 bridgehead atoms. The van der Waals surface area contributed by atoms with Gasteiger partial charge >= 0.3 is 12.0 Å². The highest BCUT2D eigenvalue weighted by molar-refractivity contribution is 8.00. The molecular weight excluding hydrogens is 322 g/mol. The molecule has 0 aromatic carbocycles. The van der Waals surface area contributed by atoms with Crippen molar-refractivity contribution in [1.29, 1.82) is 0 Å². The van der Waals surface area contributed by atoms with Crippen molar-refractivity contribution >= 4 is 23.8 Å². The van der Waals surface area contributed by atoms with Crippen LogP contribution < -0.4 is 10.6 Å². The zero-order valence-electron chi connectivity index (χ0n) is 12.3. The first-order chi connectivity index (χ1) is 11.0. The highest BCUT2D eigenvalue weighted by Gasteiger charge is 2.42. The van der Waals surface area contributed by atoms with E-state index in [4.69, 9.17) is 0 Å².